The molecule has 0 aliphatic carbocycles. The fraction of sp³-hybridized carbons (Fsp3) is 0.667. The lowest BCUT2D eigenvalue weighted by Gasteiger charge is -2.05. The molecule has 0 aliphatic rings. The summed E-state index contributed by atoms with van der Waals surface area (Å²) < 4.78 is 0. The summed E-state index contributed by atoms with van der Waals surface area (Å²) in [5.74, 6) is 0. The van der Waals surface area contributed by atoms with E-state index in [9.17, 15) is 9.59 Å². The largest absolute Gasteiger partial charge is 0.382 e. The molecule has 4 heteroatoms. The van der Waals surface area contributed by atoms with E-state index in [1.165, 1.54) is 141 Å². The minimum absolute atomic E-state index is 0.000212. The minimum atomic E-state index is -0.000212. The second-order valence-electron chi connectivity index (χ2n) is 13.4. The molecule has 2 aromatic rings. The van der Waals surface area contributed by atoms with Crippen LogP contribution in [0.15, 0.2) is 58.1 Å². The molecule has 0 bridgehead atoms. The number of nitrogens with one attached hydrogen (secondary N) is 2. The van der Waals surface area contributed by atoms with Crippen LogP contribution in [0.4, 0.5) is 11.4 Å². The summed E-state index contributed by atoms with van der Waals surface area (Å²) >= 11 is 0. The third-order valence-electron chi connectivity index (χ3n) is 9.24. The highest BCUT2D eigenvalue weighted by Gasteiger charge is 2.03. The molecular weight excluding hydrogens is 564 g/mol. The first kappa shape index (κ1) is 39.6. The number of hydrogen-bond acceptors (Lipinski definition) is 4. The predicted octanol–water partition coefficient (Wildman–Crippen LogP) is 12.3. The quantitative estimate of drug-likeness (QED) is 0.0876. The normalized spacial score (nSPS) is 11.1. The van der Waals surface area contributed by atoms with Crippen LogP contribution in [0, 0.1) is 0 Å². The average Bonchev–Trinajstić information content (AvgIpc) is 3.36. The van der Waals surface area contributed by atoms with E-state index in [0.717, 1.165) is 37.1 Å². The van der Waals surface area contributed by atoms with Crippen molar-refractivity contribution in [3.8, 4) is 11.1 Å². The minimum Gasteiger partial charge on any atom is -0.382 e. The summed E-state index contributed by atoms with van der Waals surface area (Å²) in [5.41, 5.74) is 3.14. The molecule has 0 saturated carbocycles. The zero-order valence-electron chi connectivity index (χ0n) is 29.8. The third-order valence-corrected chi connectivity index (χ3v) is 9.24. The topological polar surface area (TPSA) is 58.2 Å². The van der Waals surface area contributed by atoms with Gasteiger partial charge in [0, 0.05) is 13.1 Å². The lowest BCUT2D eigenvalue weighted by atomic mass is 10.1. The lowest BCUT2D eigenvalue weighted by molar-refractivity contribution is 0.546. The summed E-state index contributed by atoms with van der Waals surface area (Å²) in [6.45, 7) is 6.19. The molecule has 0 fully saturated rings. The summed E-state index contributed by atoms with van der Waals surface area (Å²) in [7, 11) is 0. The van der Waals surface area contributed by atoms with E-state index in [4.69, 9.17) is 0 Å². The number of anilines is 2. The van der Waals surface area contributed by atoms with Crippen LogP contribution < -0.4 is 21.5 Å². The van der Waals surface area contributed by atoms with Gasteiger partial charge in [0.05, 0.1) is 11.4 Å². The van der Waals surface area contributed by atoms with Crippen molar-refractivity contribution in [2.24, 2.45) is 0 Å². The maximum Gasteiger partial charge on any atom is 0.201 e. The molecule has 0 unspecified atom stereocenters. The fourth-order valence-electron chi connectivity index (χ4n) is 6.19. The van der Waals surface area contributed by atoms with Crippen molar-refractivity contribution in [3.05, 3.63) is 69.0 Å². The van der Waals surface area contributed by atoms with E-state index < -0.39 is 0 Å². The van der Waals surface area contributed by atoms with Gasteiger partial charge in [-0.15, -0.1) is 0 Å². The molecule has 0 spiro atoms. The van der Waals surface area contributed by atoms with Crippen molar-refractivity contribution in [2.75, 3.05) is 23.7 Å². The molecule has 2 rings (SSSR count). The molecule has 0 radical (unpaired) electrons. The molecule has 4 nitrogen and oxygen atoms in total. The van der Waals surface area contributed by atoms with Gasteiger partial charge in [-0.3, -0.25) is 9.59 Å². The number of hydrogen-bond donors (Lipinski definition) is 2. The molecule has 0 aliphatic heterocycles. The highest BCUT2D eigenvalue weighted by molar-refractivity contribution is 5.65. The Morgan fingerprint density at radius 1 is 0.348 bits per heavy atom. The van der Waals surface area contributed by atoms with Crippen LogP contribution in [-0.4, -0.2) is 13.1 Å². The first-order valence-corrected chi connectivity index (χ1v) is 19.4. The van der Waals surface area contributed by atoms with Gasteiger partial charge in [-0.2, -0.15) is 0 Å². The van der Waals surface area contributed by atoms with Gasteiger partial charge in [0.25, 0.3) is 0 Å². The summed E-state index contributed by atoms with van der Waals surface area (Å²) in [6, 6.07) is 14.7. The van der Waals surface area contributed by atoms with E-state index in [1.807, 2.05) is 36.4 Å². The van der Waals surface area contributed by atoms with Gasteiger partial charge in [0.2, 0.25) is 10.9 Å². The van der Waals surface area contributed by atoms with Gasteiger partial charge < -0.3 is 10.6 Å². The fourth-order valence-corrected chi connectivity index (χ4v) is 6.19. The summed E-state index contributed by atoms with van der Waals surface area (Å²) in [5, 5.41) is 6.72. The molecule has 0 aromatic heterocycles. The van der Waals surface area contributed by atoms with E-state index in [-0.39, 0.29) is 10.9 Å². The van der Waals surface area contributed by atoms with Gasteiger partial charge in [0.15, 0.2) is 0 Å². The molecule has 0 amide bonds. The van der Waals surface area contributed by atoms with Crippen molar-refractivity contribution >= 4 is 11.4 Å². The van der Waals surface area contributed by atoms with Gasteiger partial charge in [-0.25, -0.2) is 0 Å². The molecule has 0 heterocycles. The van der Waals surface area contributed by atoms with E-state index in [0.29, 0.717) is 11.4 Å². The summed E-state index contributed by atoms with van der Waals surface area (Å²) in [4.78, 5) is 25.4. The highest BCUT2D eigenvalue weighted by Crippen LogP contribution is 2.19. The Hall–Kier alpha value is -2.62. The van der Waals surface area contributed by atoms with Crippen molar-refractivity contribution in [1.29, 1.82) is 0 Å². The zero-order chi connectivity index (χ0) is 32.9. The van der Waals surface area contributed by atoms with Gasteiger partial charge in [-0.1, -0.05) is 179 Å². The SMILES string of the molecule is CCCCCCCCCCCCCCNc1ccc(-c2ccc(NCCCCCCCCCCCCCC)c(=O)cc2)ccc1=O. The van der Waals surface area contributed by atoms with Crippen LogP contribution in [0.1, 0.15) is 168 Å². The predicted molar refractivity (Wildman–Crippen MR) is 204 cm³/mol. The maximum atomic E-state index is 12.7. The van der Waals surface area contributed by atoms with Crippen molar-refractivity contribution in [3.63, 3.8) is 0 Å². The van der Waals surface area contributed by atoms with Crippen molar-refractivity contribution in [2.45, 2.75) is 168 Å². The zero-order valence-corrected chi connectivity index (χ0v) is 29.8. The Bertz CT molecular complexity index is 1060. The van der Waals surface area contributed by atoms with E-state index in [2.05, 4.69) is 24.5 Å². The first-order valence-electron chi connectivity index (χ1n) is 19.4. The van der Waals surface area contributed by atoms with E-state index in [1.54, 1.807) is 12.1 Å². The van der Waals surface area contributed by atoms with Crippen LogP contribution in [0.5, 0.6) is 0 Å². The van der Waals surface area contributed by atoms with Gasteiger partial charge >= 0.3 is 0 Å². The van der Waals surface area contributed by atoms with Crippen LogP contribution in [-0.2, 0) is 0 Å². The van der Waals surface area contributed by atoms with Crippen molar-refractivity contribution < 1.29 is 0 Å². The molecule has 2 aromatic carbocycles. The lowest BCUT2D eigenvalue weighted by Crippen LogP contribution is -2.09. The van der Waals surface area contributed by atoms with Crippen LogP contribution in [0.3, 0.4) is 0 Å². The Balaban J connectivity index is 1.65. The Morgan fingerprint density at radius 3 is 0.913 bits per heavy atom. The van der Waals surface area contributed by atoms with Crippen molar-refractivity contribution in [1.82, 2.24) is 0 Å². The van der Waals surface area contributed by atoms with Crippen LogP contribution in [0.25, 0.3) is 11.1 Å². The third kappa shape index (κ3) is 19.1. The maximum absolute atomic E-state index is 12.7. The molecule has 0 saturated heterocycles. The standard InChI is InChI=1S/C42H68N2O2/c1-3-5-7-9-11-13-15-17-19-21-23-25-35-43-39-31-27-37(29-33-41(39)45)38-28-32-40(42(46)34-30-38)44-36-26-24-22-20-18-16-14-12-10-8-6-4-2/h27-34H,3-26,35-36H2,1-2H3,(H,43,45)(H,44,46). The Kier molecular flexibility index (Phi) is 23.6. The summed E-state index contributed by atoms with van der Waals surface area (Å²) in [6.07, 6.45) is 31.8. The monoisotopic (exact) mass is 633 g/mol. The second kappa shape index (κ2) is 27.5. The molecule has 2 N–H and O–H groups in total. The molecule has 0 atom stereocenters. The van der Waals surface area contributed by atoms with Gasteiger partial charge in [0.1, 0.15) is 0 Å². The second-order valence-corrected chi connectivity index (χ2v) is 13.4. The van der Waals surface area contributed by atoms with Crippen LogP contribution >= 0.6 is 0 Å². The first-order chi connectivity index (χ1) is 22.7. The molecular formula is C42H68N2O2. The average molecular weight is 633 g/mol. The highest BCUT2D eigenvalue weighted by atomic mass is 16.1. The number of unbranched alkanes of at least 4 members (excludes halogenated alkanes) is 22. The van der Waals surface area contributed by atoms with Crippen LogP contribution in [0.2, 0.25) is 0 Å². The Morgan fingerprint density at radius 2 is 0.609 bits per heavy atom. The molecule has 46 heavy (non-hydrogen) atoms. The van der Waals surface area contributed by atoms with Gasteiger partial charge in [-0.05, 0) is 48.2 Å². The smallest absolute Gasteiger partial charge is 0.201 e. The molecule has 258 valence electrons. The van der Waals surface area contributed by atoms with E-state index >= 15 is 0 Å². The Labute approximate surface area is 282 Å². The number of rotatable bonds is 29.